The van der Waals surface area contributed by atoms with Gasteiger partial charge in [-0.05, 0) is 48.9 Å². The number of aryl methyl sites for hydroxylation is 1. The number of nitrogen functional groups attached to an aromatic ring is 1. The fourth-order valence-corrected chi connectivity index (χ4v) is 2.00. The van der Waals surface area contributed by atoms with E-state index in [1.807, 2.05) is 12.1 Å². The van der Waals surface area contributed by atoms with E-state index in [1.165, 1.54) is 18.4 Å². The highest BCUT2D eigenvalue weighted by molar-refractivity contribution is 5.49. The molecule has 1 aromatic heterocycles. The van der Waals surface area contributed by atoms with Crippen molar-refractivity contribution in [3.05, 3.63) is 42.0 Å². The second-order valence-electron chi connectivity index (χ2n) is 5.40. The number of pyridine rings is 1. The van der Waals surface area contributed by atoms with Crippen LogP contribution in [0.1, 0.15) is 25.3 Å². The smallest absolute Gasteiger partial charge is 0.240 e. The topological polar surface area (TPSA) is 57.4 Å². The zero-order chi connectivity index (χ0) is 14.7. The lowest BCUT2D eigenvalue weighted by Crippen LogP contribution is -2.04. The van der Waals surface area contributed by atoms with E-state index in [1.54, 1.807) is 12.1 Å². The minimum absolute atomic E-state index is 0.463. The molecule has 1 heterocycles. The lowest BCUT2D eigenvalue weighted by atomic mass is 10.2. The fourth-order valence-electron chi connectivity index (χ4n) is 2.00. The Labute approximate surface area is 124 Å². The van der Waals surface area contributed by atoms with Crippen molar-refractivity contribution in [3.8, 4) is 17.5 Å². The van der Waals surface area contributed by atoms with E-state index in [4.69, 9.17) is 15.2 Å². The first kappa shape index (κ1) is 13.7. The van der Waals surface area contributed by atoms with Crippen LogP contribution >= 0.6 is 0 Å². The maximum Gasteiger partial charge on any atom is 0.240 e. The summed E-state index contributed by atoms with van der Waals surface area (Å²) in [5.74, 6) is 2.39. The van der Waals surface area contributed by atoms with Crippen molar-refractivity contribution in [1.29, 1.82) is 0 Å². The van der Waals surface area contributed by atoms with E-state index in [2.05, 4.69) is 24.0 Å². The molecule has 0 atom stereocenters. The number of nitrogens with zero attached hydrogens (tertiary/aromatic N) is 1. The van der Waals surface area contributed by atoms with Gasteiger partial charge in [-0.2, -0.15) is 4.98 Å². The van der Waals surface area contributed by atoms with Crippen LogP contribution in [0.3, 0.4) is 0 Å². The van der Waals surface area contributed by atoms with Gasteiger partial charge in [-0.1, -0.05) is 19.1 Å². The second-order valence-corrected chi connectivity index (χ2v) is 5.40. The molecule has 0 amide bonds. The van der Waals surface area contributed by atoms with Gasteiger partial charge in [0.2, 0.25) is 11.8 Å². The third kappa shape index (κ3) is 3.66. The van der Waals surface area contributed by atoms with E-state index in [-0.39, 0.29) is 0 Å². The maximum absolute atomic E-state index is 5.88. The summed E-state index contributed by atoms with van der Waals surface area (Å²) in [4.78, 5) is 4.34. The zero-order valence-electron chi connectivity index (χ0n) is 12.2. The average molecular weight is 284 g/mol. The molecule has 3 rings (SSSR count). The highest BCUT2D eigenvalue weighted by atomic mass is 16.5. The van der Waals surface area contributed by atoms with Gasteiger partial charge in [0, 0.05) is 6.07 Å². The molecule has 0 bridgehead atoms. The molecule has 2 aromatic rings. The number of nitrogens with two attached hydrogens (primary N) is 1. The Hall–Kier alpha value is -2.23. The van der Waals surface area contributed by atoms with Crippen LogP contribution in [0.15, 0.2) is 36.4 Å². The SMILES string of the molecule is CCc1ccc(Oc2ccc(N)c(OCC3CC3)n2)cc1. The van der Waals surface area contributed by atoms with E-state index in [0.717, 1.165) is 12.2 Å². The highest BCUT2D eigenvalue weighted by Gasteiger charge is 2.22. The summed E-state index contributed by atoms with van der Waals surface area (Å²) >= 11 is 0. The minimum Gasteiger partial charge on any atom is -0.476 e. The van der Waals surface area contributed by atoms with Crippen molar-refractivity contribution >= 4 is 5.69 Å². The van der Waals surface area contributed by atoms with Gasteiger partial charge >= 0.3 is 0 Å². The Balaban J connectivity index is 1.69. The monoisotopic (exact) mass is 284 g/mol. The van der Waals surface area contributed by atoms with Gasteiger partial charge in [0.1, 0.15) is 5.75 Å². The number of benzene rings is 1. The molecule has 0 saturated heterocycles. The van der Waals surface area contributed by atoms with E-state index >= 15 is 0 Å². The molecule has 4 heteroatoms. The van der Waals surface area contributed by atoms with Crippen LogP contribution < -0.4 is 15.2 Å². The van der Waals surface area contributed by atoms with Crippen molar-refractivity contribution in [2.75, 3.05) is 12.3 Å². The number of anilines is 1. The first-order chi connectivity index (χ1) is 10.2. The molecule has 1 saturated carbocycles. The number of ether oxygens (including phenoxy) is 2. The van der Waals surface area contributed by atoms with E-state index in [0.29, 0.717) is 30.0 Å². The normalized spacial score (nSPS) is 14.0. The third-order valence-electron chi connectivity index (χ3n) is 3.57. The quantitative estimate of drug-likeness (QED) is 0.876. The molecular formula is C17H20N2O2. The molecule has 1 aliphatic carbocycles. The number of rotatable bonds is 6. The molecular weight excluding hydrogens is 264 g/mol. The molecule has 4 nitrogen and oxygen atoms in total. The molecule has 110 valence electrons. The van der Waals surface area contributed by atoms with Gasteiger partial charge in [0.25, 0.3) is 0 Å². The first-order valence-electron chi connectivity index (χ1n) is 7.40. The van der Waals surface area contributed by atoms with Gasteiger partial charge < -0.3 is 15.2 Å². The lowest BCUT2D eigenvalue weighted by molar-refractivity contribution is 0.286. The van der Waals surface area contributed by atoms with Gasteiger partial charge in [0.05, 0.1) is 12.3 Å². The minimum atomic E-state index is 0.463. The van der Waals surface area contributed by atoms with E-state index < -0.39 is 0 Å². The Kier molecular flexibility index (Phi) is 3.95. The first-order valence-corrected chi connectivity index (χ1v) is 7.40. The molecule has 21 heavy (non-hydrogen) atoms. The summed E-state index contributed by atoms with van der Waals surface area (Å²) in [6.07, 6.45) is 3.49. The number of hydrogen-bond acceptors (Lipinski definition) is 4. The number of hydrogen-bond donors (Lipinski definition) is 1. The predicted octanol–water partition coefficient (Wildman–Crippen LogP) is 3.81. The van der Waals surface area contributed by atoms with Crippen LogP contribution in [-0.4, -0.2) is 11.6 Å². The summed E-state index contributed by atoms with van der Waals surface area (Å²) in [6, 6.07) is 11.5. The largest absolute Gasteiger partial charge is 0.476 e. The van der Waals surface area contributed by atoms with Gasteiger partial charge in [-0.25, -0.2) is 0 Å². The Bertz CT molecular complexity index is 607. The van der Waals surface area contributed by atoms with Crippen molar-refractivity contribution in [2.24, 2.45) is 5.92 Å². The Morgan fingerprint density at radius 3 is 2.57 bits per heavy atom. The van der Waals surface area contributed by atoms with Crippen LogP contribution in [0.25, 0.3) is 0 Å². The van der Waals surface area contributed by atoms with Crippen LogP contribution in [-0.2, 0) is 6.42 Å². The zero-order valence-corrected chi connectivity index (χ0v) is 12.2. The van der Waals surface area contributed by atoms with E-state index in [9.17, 15) is 0 Å². The molecule has 1 fully saturated rings. The maximum atomic E-state index is 5.88. The molecule has 1 aromatic carbocycles. The Morgan fingerprint density at radius 2 is 1.90 bits per heavy atom. The summed E-state index contributed by atoms with van der Waals surface area (Å²) in [5.41, 5.74) is 7.71. The van der Waals surface area contributed by atoms with Crippen molar-refractivity contribution in [1.82, 2.24) is 4.98 Å². The standard InChI is InChI=1S/C17H20N2O2/c1-2-12-5-7-14(8-6-12)21-16-10-9-15(18)17(19-16)20-11-13-3-4-13/h5-10,13H,2-4,11,18H2,1H3. The lowest BCUT2D eigenvalue weighted by Gasteiger charge is -2.10. The molecule has 0 spiro atoms. The molecule has 0 radical (unpaired) electrons. The molecule has 1 aliphatic rings. The van der Waals surface area contributed by atoms with Crippen molar-refractivity contribution in [3.63, 3.8) is 0 Å². The highest BCUT2D eigenvalue weighted by Crippen LogP contribution is 2.31. The summed E-state index contributed by atoms with van der Waals surface area (Å²) < 4.78 is 11.4. The number of aromatic nitrogens is 1. The average Bonchev–Trinajstić information content (AvgIpc) is 3.33. The molecule has 2 N–H and O–H groups in total. The van der Waals surface area contributed by atoms with Crippen molar-refractivity contribution in [2.45, 2.75) is 26.2 Å². The van der Waals surface area contributed by atoms with Crippen molar-refractivity contribution < 1.29 is 9.47 Å². The summed E-state index contributed by atoms with van der Waals surface area (Å²) in [5, 5.41) is 0. The predicted molar refractivity (Wildman–Crippen MR) is 82.8 cm³/mol. The van der Waals surface area contributed by atoms with Gasteiger partial charge in [-0.15, -0.1) is 0 Å². The van der Waals surface area contributed by atoms with Crippen LogP contribution in [0.4, 0.5) is 5.69 Å². The van der Waals surface area contributed by atoms with Gasteiger partial charge in [0.15, 0.2) is 0 Å². The molecule has 0 aliphatic heterocycles. The summed E-state index contributed by atoms with van der Waals surface area (Å²) in [7, 11) is 0. The Morgan fingerprint density at radius 1 is 1.14 bits per heavy atom. The molecule has 0 unspecified atom stereocenters. The van der Waals surface area contributed by atoms with Crippen LogP contribution in [0.2, 0.25) is 0 Å². The van der Waals surface area contributed by atoms with Gasteiger partial charge in [-0.3, -0.25) is 0 Å². The third-order valence-corrected chi connectivity index (χ3v) is 3.57. The van der Waals surface area contributed by atoms with Crippen LogP contribution in [0.5, 0.6) is 17.5 Å². The fraction of sp³-hybridized carbons (Fsp3) is 0.353. The second kappa shape index (κ2) is 6.04. The van der Waals surface area contributed by atoms with Crippen LogP contribution in [0, 0.1) is 5.92 Å². The summed E-state index contributed by atoms with van der Waals surface area (Å²) in [6.45, 7) is 2.81.